The van der Waals surface area contributed by atoms with Crippen molar-refractivity contribution in [1.29, 1.82) is 0 Å². The molecule has 2 aliphatic rings. The molecule has 2 aromatic rings. The van der Waals surface area contributed by atoms with Crippen LogP contribution in [0.25, 0.3) is 0 Å². The number of pyridine rings is 1. The van der Waals surface area contributed by atoms with Crippen molar-refractivity contribution in [2.24, 2.45) is 5.92 Å². The first-order valence-corrected chi connectivity index (χ1v) is 10.3. The Bertz CT molecular complexity index is 957. The van der Waals surface area contributed by atoms with Crippen molar-refractivity contribution in [3.8, 4) is 17.6 Å². The molecule has 1 aliphatic heterocycles. The van der Waals surface area contributed by atoms with Gasteiger partial charge in [0.1, 0.15) is 18.5 Å². The van der Waals surface area contributed by atoms with E-state index in [0.717, 1.165) is 16.8 Å². The highest BCUT2D eigenvalue weighted by atomic mass is 16.6. The second-order valence-corrected chi connectivity index (χ2v) is 7.76. The third kappa shape index (κ3) is 5.09. The van der Waals surface area contributed by atoms with E-state index in [4.69, 9.17) is 14.2 Å². The van der Waals surface area contributed by atoms with Crippen molar-refractivity contribution in [2.45, 2.75) is 38.8 Å². The van der Waals surface area contributed by atoms with Crippen LogP contribution in [0.4, 0.5) is 0 Å². The maximum Gasteiger partial charge on any atom is 0.254 e. The van der Waals surface area contributed by atoms with Crippen molar-refractivity contribution >= 4 is 0 Å². The normalized spacial score (nSPS) is 19.9. The molecule has 0 bridgehead atoms. The lowest BCUT2D eigenvalue weighted by atomic mass is 10.1. The molecule has 1 aromatic heterocycles. The summed E-state index contributed by atoms with van der Waals surface area (Å²) < 4.78 is 18.5. The molecular formula is C24H27NO4. The molecular weight excluding hydrogens is 366 g/mol. The van der Waals surface area contributed by atoms with Gasteiger partial charge in [0.25, 0.3) is 5.56 Å². The van der Waals surface area contributed by atoms with Crippen LogP contribution in [0.1, 0.15) is 42.6 Å². The van der Waals surface area contributed by atoms with E-state index in [1.54, 1.807) is 10.6 Å². The highest BCUT2D eigenvalue weighted by Gasteiger charge is 2.18. The number of benzene rings is 1. The fourth-order valence-electron chi connectivity index (χ4n) is 3.49. The molecule has 1 aromatic carbocycles. The first-order valence-electron chi connectivity index (χ1n) is 10.3. The zero-order valence-electron chi connectivity index (χ0n) is 17.0. The highest BCUT2D eigenvalue weighted by molar-refractivity contribution is 5.38. The number of hydrogen-bond acceptors (Lipinski definition) is 4. The van der Waals surface area contributed by atoms with Gasteiger partial charge in [-0.3, -0.25) is 4.79 Å². The Morgan fingerprint density at radius 1 is 1.21 bits per heavy atom. The predicted octanol–water partition coefficient (Wildman–Crippen LogP) is 3.32. The smallest absolute Gasteiger partial charge is 0.254 e. The van der Waals surface area contributed by atoms with Gasteiger partial charge in [0.05, 0.1) is 25.9 Å². The summed E-state index contributed by atoms with van der Waals surface area (Å²) in [5, 5.41) is 0. The molecule has 29 heavy (non-hydrogen) atoms. The molecule has 4 rings (SSSR count). The van der Waals surface area contributed by atoms with E-state index in [0.29, 0.717) is 38.1 Å². The fourth-order valence-corrected chi connectivity index (χ4v) is 3.49. The summed E-state index contributed by atoms with van der Waals surface area (Å²) in [6.07, 6.45) is 2.36. The Balaban J connectivity index is 1.45. The van der Waals surface area contributed by atoms with Gasteiger partial charge in [-0.1, -0.05) is 24.0 Å². The Kier molecular flexibility index (Phi) is 6.03. The Morgan fingerprint density at radius 3 is 2.66 bits per heavy atom. The molecule has 1 unspecified atom stereocenters. The molecule has 0 N–H and O–H groups in total. The summed E-state index contributed by atoms with van der Waals surface area (Å²) in [5.74, 6) is 7.66. The number of nitrogens with zero attached hydrogens (tertiary/aromatic N) is 1. The van der Waals surface area contributed by atoms with Crippen molar-refractivity contribution in [2.75, 3.05) is 26.4 Å². The van der Waals surface area contributed by atoms with Gasteiger partial charge in [-0.05, 0) is 50.5 Å². The maximum atomic E-state index is 12.8. The van der Waals surface area contributed by atoms with Crippen LogP contribution in [0.3, 0.4) is 0 Å². The molecule has 0 spiro atoms. The van der Waals surface area contributed by atoms with Gasteiger partial charge in [-0.25, -0.2) is 0 Å². The monoisotopic (exact) mass is 393 g/mol. The predicted molar refractivity (Wildman–Crippen MR) is 111 cm³/mol. The first-order chi connectivity index (χ1) is 14.1. The van der Waals surface area contributed by atoms with Crippen LogP contribution >= 0.6 is 0 Å². The number of rotatable bonds is 5. The topological polar surface area (TPSA) is 49.7 Å². The fraction of sp³-hybridized carbons (Fsp3) is 0.458. The van der Waals surface area contributed by atoms with Crippen molar-refractivity contribution in [1.82, 2.24) is 4.57 Å². The number of ether oxygens (including phenoxy) is 3. The molecule has 2 fully saturated rings. The summed E-state index contributed by atoms with van der Waals surface area (Å²) in [4.78, 5) is 12.8. The van der Waals surface area contributed by atoms with Crippen molar-refractivity contribution in [3.05, 3.63) is 63.6 Å². The molecule has 1 saturated carbocycles. The van der Waals surface area contributed by atoms with Gasteiger partial charge in [-0.15, -0.1) is 0 Å². The summed E-state index contributed by atoms with van der Waals surface area (Å²) in [5.41, 5.74) is 2.88. The summed E-state index contributed by atoms with van der Waals surface area (Å²) in [6.45, 7) is 6.07. The van der Waals surface area contributed by atoms with Crippen molar-refractivity contribution < 1.29 is 14.2 Å². The SMILES string of the molecule is Cc1cc(OCC2COCCO2)cc(=O)n1[C@H](C)c1ccc(C#CC2CC2)cc1. The van der Waals surface area contributed by atoms with Crippen LogP contribution in [-0.2, 0) is 9.47 Å². The first kappa shape index (κ1) is 19.8. The van der Waals surface area contributed by atoms with Gasteiger partial charge < -0.3 is 18.8 Å². The number of aromatic nitrogens is 1. The minimum Gasteiger partial charge on any atom is -0.491 e. The molecule has 1 saturated heterocycles. The zero-order valence-corrected chi connectivity index (χ0v) is 17.0. The summed E-state index contributed by atoms with van der Waals surface area (Å²) in [6, 6.07) is 11.5. The number of aryl methyl sites for hydroxylation is 1. The highest BCUT2D eigenvalue weighted by Crippen LogP contribution is 2.27. The van der Waals surface area contributed by atoms with Crippen LogP contribution in [0, 0.1) is 24.7 Å². The maximum absolute atomic E-state index is 12.8. The van der Waals surface area contributed by atoms with E-state index < -0.39 is 0 Å². The summed E-state index contributed by atoms with van der Waals surface area (Å²) >= 11 is 0. The Labute approximate surface area is 171 Å². The minimum atomic E-state index is -0.0908. The van der Waals surface area contributed by atoms with Crippen LogP contribution < -0.4 is 10.3 Å². The van der Waals surface area contributed by atoms with Crippen LogP contribution in [0.15, 0.2) is 41.2 Å². The third-order valence-corrected chi connectivity index (χ3v) is 5.33. The quantitative estimate of drug-likeness (QED) is 0.732. The van der Waals surface area contributed by atoms with Gasteiger partial charge in [0.2, 0.25) is 0 Å². The average molecular weight is 393 g/mol. The van der Waals surface area contributed by atoms with Crippen LogP contribution in [0.2, 0.25) is 0 Å². The third-order valence-electron chi connectivity index (χ3n) is 5.33. The molecule has 152 valence electrons. The summed E-state index contributed by atoms with van der Waals surface area (Å²) in [7, 11) is 0. The lowest BCUT2D eigenvalue weighted by Crippen LogP contribution is -2.33. The number of hydrogen-bond donors (Lipinski definition) is 0. The second-order valence-electron chi connectivity index (χ2n) is 7.76. The lowest BCUT2D eigenvalue weighted by Gasteiger charge is -2.23. The Morgan fingerprint density at radius 2 is 2.00 bits per heavy atom. The standard InChI is InChI=1S/C24H27NO4/c1-17-13-22(29-16-23-15-27-11-12-28-23)14-24(26)25(17)18(2)21-9-7-20(8-10-21)6-5-19-3-4-19/h7-10,13-14,18-19,23H,3-4,11-12,15-16H2,1-2H3/t18-,23?/m1/s1. The van der Waals surface area contributed by atoms with Gasteiger partial charge in [0, 0.05) is 23.2 Å². The lowest BCUT2D eigenvalue weighted by molar-refractivity contribution is -0.101. The van der Waals surface area contributed by atoms with Gasteiger partial charge in [0.15, 0.2) is 0 Å². The molecule has 1 aliphatic carbocycles. The molecule has 2 heterocycles. The molecule has 5 nitrogen and oxygen atoms in total. The van der Waals surface area contributed by atoms with E-state index in [2.05, 4.69) is 24.0 Å². The Hall–Kier alpha value is -2.55. The molecule has 0 radical (unpaired) electrons. The average Bonchev–Trinajstić information content (AvgIpc) is 3.56. The van der Waals surface area contributed by atoms with Crippen molar-refractivity contribution in [3.63, 3.8) is 0 Å². The van der Waals surface area contributed by atoms with E-state index in [-0.39, 0.29) is 17.7 Å². The van der Waals surface area contributed by atoms with E-state index in [1.807, 2.05) is 32.0 Å². The molecule has 5 heteroatoms. The van der Waals surface area contributed by atoms with E-state index in [9.17, 15) is 4.79 Å². The molecule has 2 atom stereocenters. The van der Waals surface area contributed by atoms with E-state index in [1.165, 1.54) is 12.8 Å². The van der Waals surface area contributed by atoms with E-state index >= 15 is 0 Å². The molecule has 0 amide bonds. The minimum absolute atomic E-state index is 0.0722. The van der Waals surface area contributed by atoms with Crippen LogP contribution in [0.5, 0.6) is 5.75 Å². The van der Waals surface area contributed by atoms with Gasteiger partial charge >= 0.3 is 0 Å². The zero-order chi connectivity index (χ0) is 20.2. The van der Waals surface area contributed by atoms with Crippen LogP contribution in [-0.4, -0.2) is 37.1 Å². The second kappa shape index (κ2) is 8.86. The van der Waals surface area contributed by atoms with Gasteiger partial charge in [-0.2, -0.15) is 0 Å². The largest absolute Gasteiger partial charge is 0.491 e.